The number of hydrogen-bond donors (Lipinski definition) is 1. The number of nitrogens with one attached hydrogen (secondary N) is 1. The summed E-state index contributed by atoms with van der Waals surface area (Å²) in [6.07, 6.45) is 1.39. The fourth-order valence-electron chi connectivity index (χ4n) is 3.63. The molecule has 0 aromatic heterocycles. The normalized spacial score (nSPS) is 13.4. The molecule has 32 heavy (non-hydrogen) atoms. The number of sulfonamides is 1. The van der Waals surface area contributed by atoms with Crippen LogP contribution in [0.2, 0.25) is 5.02 Å². The van der Waals surface area contributed by atoms with Crippen molar-refractivity contribution in [3.8, 4) is 5.75 Å². The fraction of sp³-hybridized carbons (Fsp3) is 0.174. The molecule has 9 heteroatoms. The van der Waals surface area contributed by atoms with E-state index in [0.29, 0.717) is 47.1 Å². The van der Waals surface area contributed by atoms with Gasteiger partial charge in [0.05, 0.1) is 28.3 Å². The van der Waals surface area contributed by atoms with E-state index in [9.17, 15) is 13.2 Å². The third kappa shape index (κ3) is 4.48. The maximum atomic E-state index is 13.3. The Bertz CT molecular complexity index is 1280. The van der Waals surface area contributed by atoms with E-state index in [1.54, 1.807) is 54.6 Å². The Morgan fingerprint density at radius 3 is 2.56 bits per heavy atom. The largest absolute Gasteiger partial charge is 0.497 e. The van der Waals surface area contributed by atoms with Crippen molar-refractivity contribution in [2.45, 2.75) is 17.7 Å². The molecular formula is C23H20BrClN2O4S. The molecule has 0 unspecified atom stereocenters. The topological polar surface area (TPSA) is 75.7 Å². The van der Waals surface area contributed by atoms with Crippen molar-refractivity contribution in [2.75, 3.05) is 23.3 Å². The van der Waals surface area contributed by atoms with Crippen LogP contribution in [0.15, 0.2) is 70.0 Å². The highest BCUT2D eigenvalue weighted by atomic mass is 79.9. The first-order valence-electron chi connectivity index (χ1n) is 9.86. The summed E-state index contributed by atoms with van der Waals surface area (Å²) in [5.41, 5.74) is 2.40. The van der Waals surface area contributed by atoms with Gasteiger partial charge in [-0.25, -0.2) is 8.42 Å². The molecule has 0 radical (unpaired) electrons. The quantitative estimate of drug-likeness (QED) is 0.468. The first kappa shape index (κ1) is 22.6. The molecule has 1 N–H and O–H groups in total. The molecule has 4 rings (SSSR count). The summed E-state index contributed by atoms with van der Waals surface area (Å²) in [6, 6.07) is 16.6. The lowest BCUT2D eigenvalue weighted by Crippen LogP contribution is -2.35. The number of fused-ring (bicyclic) bond motifs is 1. The second-order valence-corrected chi connectivity index (χ2v) is 10.5. The predicted molar refractivity (Wildman–Crippen MR) is 129 cm³/mol. The highest BCUT2D eigenvalue weighted by Crippen LogP contribution is 2.34. The molecule has 0 bridgehead atoms. The number of benzene rings is 3. The summed E-state index contributed by atoms with van der Waals surface area (Å²) in [6.45, 7) is 0.390. The van der Waals surface area contributed by atoms with E-state index in [1.807, 2.05) is 6.07 Å². The Kier molecular flexibility index (Phi) is 6.46. The van der Waals surface area contributed by atoms with Crippen molar-refractivity contribution in [3.05, 3.63) is 81.3 Å². The van der Waals surface area contributed by atoms with E-state index in [2.05, 4.69) is 21.2 Å². The number of ether oxygens (including phenoxy) is 1. The number of amides is 1. The molecule has 0 saturated carbocycles. The van der Waals surface area contributed by atoms with Crippen molar-refractivity contribution in [1.82, 2.24) is 0 Å². The molecule has 6 nitrogen and oxygen atoms in total. The summed E-state index contributed by atoms with van der Waals surface area (Å²) >= 11 is 9.50. The van der Waals surface area contributed by atoms with Crippen molar-refractivity contribution in [3.63, 3.8) is 0 Å². The second-order valence-electron chi connectivity index (χ2n) is 7.28. The van der Waals surface area contributed by atoms with Crippen LogP contribution in [0.3, 0.4) is 0 Å². The summed E-state index contributed by atoms with van der Waals surface area (Å²) in [7, 11) is -2.19. The van der Waals surface area contributed by atoms with Crippen molar-refractivity contribution in [2.24, 2.45) is 0 Å². The van der Waals surface area contributed by atoms with E-state index in [1.165, 1.54) is 11.4 Å². The molecule has 0 saturated heterocycles. The lowest BCUT2D eigenvalue weighted by atomic mass is 10.0. The van der Waals surface area contributed by atoms with Gasteiger partial charge in [0.1, 0.15) is 5.75 Å². The zero-order valence-corrected chi connectivity index (χ0v) is 20.3. The van der Waals surface area contributed by atoms with Gasteiger partial charge in [-0.2, -0.15) is 0 Å². The average molecular weight is 536 g/mol. The maximum absolute atomic E-state index is 13.3. The molecular weight excluding hydrogens is 516 g/mol. The Morgan fingerprint density at radius 2 is 1.84 bits per heavy atom. The molecule has 1 amide bonds. The van der Waals surface area contributed by atoms with Crippen molar-refractivity contribution < 1.29 is 17.9 Å². The lowest BCUT2D eigenvalue weighted by Gasteiger charge is -2.31. The van der Waals surface area contributed by atoms with Crippen LogP contribution < -0.4 is 14.4 Å². The molecule has 3 aromatic carbocycles. The number of aryl methyl sites for hydroxylation is 1. The van der Waals surface area contributed by atoms with Crippen molar-refractivity contribution in [1.29, 1.82) is 0 Å². The van der Waals surface area contributed by atoms with Crippen LogP contribution in [0.5, 0.6) is 5.75 Å². The van der Waals surface area contributed by atoms with Gasteiger partial charge in [-0.05, 0) is 79.1 Å². The number of rotatable bonds is 5. The molecule has 0 spiro atoms. The van der Waals surface area contributed by atoms with Crippen LogP contribution in [0.4, 0.5) is 11.4 Å². The molecule has 3 aromatic rings. The van der Waals surface area contributed by atoms with Gasteiger partial charge in [0.25, 0.3) is 15.9 Å². The Morgan fingerprint density at radius 1 is 1.09 bits per heavy atom. The van der Waals surface area contributed by atoms with Gasteiger partial charge in [-0.3, -0.25) is 9.10 Å². The van der Waals surface area contributed by atoms with Gasteiger partial charge in [0, 0.05) is 16.7 Å². The minimum absolute atomic E-state index is 0.202. The van der Waals surface area contributed by atoms with E-state index in [0.717, 1.165) is 10.0 Å². The van der Waals surface area contributed by atoms with Gasteiger partial charge in [-0.1, -0.05) is 27.5 Å². The van der Waals surface area contributed by atoms with Crippen LogP contribution in [0.1, 0.15) is 22.3 Å². The number of methoxy groups -OCH3 is 1. The van der Waals surface area contributed by atoms with Crippen molar-refractivity contribution >= 4 is 54.8 Å². The first-order chi connectivity index (χ1) is 15.3. The van der Waals surface area contributed by atoms with Crippen LogP contribution in [-0.2, 0) is 16.4 Å². The van der Waals surface area contributed by atoms with E-state index in [4.69, 9.17) is 16.3 Å². The standard InChI is InChI=1S/C23H20BrClN2O4S/c1-31-18-6-8-19(9-7-18)32(29,30)27-12-2-3-15-13-17(5-11-22(15)27)26-23(28)20-14-16(24)4-10-21(20)25/h4-11,13-14H,2-3,12H2,1H3,(H,26,28). The Balaban J connectivity index is 1.61. The molecule has 0 atom stereocenters. The van der Waals surface area contributed by atoms with Gasteiger partial charge in [-0.15, -0.1) is 0 Å². The Hall–Kier alpha value is -2.55. The zero-order valence-electron chi connectivity index (χ0n) is 17.1. The highest BCUT2D eigenvalue weighted by Gasteiger charge is 2.29. The first-order valence-corrected chi connectivity index (χ1v) is 12.5. The third-order valence-corrected chi connectivity index (χ3v) is 7.88. The van der Waals surface area contributed by atoms with Gasteiger partial charge in [0.15, 0.2) is 0 Å². The zero-order chi connectivity index (χ0) is 22.9. The predicted octanol–water partition coefficient (Wildman–Crippen LogP) is 5.50. The minimum Gasteiger partial charge on any atom is -0.497 e. The molecule has 1 aliphatic heterocycles. The van der Waals surface area contributed by atoms with Gasteiger partial charge < -0.3 is 10.1 Å². The molecule has 0 aliphatic carbocycles. The summed E-state index contributed by atoms with van der Waals surface area (Å²) in [4.78, 5) is 12.9. The number of carbonyl (C=O) groups excluding carboxylic acids is 1. The minimum atomic E-state index is -3.72. The SMILES string of the molecule is COc1ccc(S(=O)(=O)N2CCCc3cc(NC(=O)c4cc(Br)ccc4Cl)ccc32)cc1. The number of halogens is 2. The fourth-order valence-corrected chi connectivity index (χ4v) is 5.74. The van der Waals surface area contributed by atoms with Gasteiger partial charge in [0.2, 0.25) is 0 Å². The number of nitrogens with zero attached hydrogens (tertiary/aromatic N) is 1. The summed E-state index contributed by atoms with van der Waals surface area (Å²) in [5.74, 6) is 0.253. The highest BCUT2D eigenvalue weighted by molar-refractivity contribution is 9.10. The molecule has 1 aliphatic rings. The second kappa shape index (κ2) is 9.13. The van der Waals surface area contributed by atoms with Crippen LogP contribution in [-0.4, -0.2) is 28.0 Å². The molecule has 1 heterocycles. The van der Waals surface area contributed by atoms with Crippen LogP contribution in [0, 0.1) is 0 Å². The van der Waals surface area contributed by atoms with Crippen LogP contribution in [0.25, 0.3) is 0 Å². The number of anilines is 2. The third-order valence-electron chi connectivity index (χ3n) is 5.23. The maximum Gasteiger partial charge on any atom is 0.264 e. The smallest absolute Gasteiger partial charge is 0.264 e. The Labute approximate surface area is 200 Å². The average Bonchev–Trinajstić information content (AvgIpc) is 2.80. The monoisotopic (exact) mass is 534 g/mol. The van der Waals surface area contributed by atoms with Crippen LogP contribution >= 0.6 is 27.5 Å². The number of hydrogen-bond acceptors (Lipinski definition) is 4. The summed E-state index contributed by atoms with van der Waals surface area (Å²) < 4.78 is 33.8. The van der Waals surface area contributed by atoms with E-state index >= 15 is 0 Å². The number of carbonyl (C=O) groups is 1. The summed E-state index contributed by atoms with van der Waals surface area (Å²) in [5, 5.41) is 3.20. The van der Waals surface area contributed by atoms with E-state index < -0.39 is 10.0 Å². The van der Waals surface area contributed by atoms with E-state index in [-0.39, 0.29) is 10.8 Å². The van der Waals surface area contributed by atoms with Gasteiger partial charge >= 0.3 is 0 Å². The molecule has 0 fully saturated rings. The molecule has 166 valence electrons. The lowest BCUT2D eigenvalue weighted by molar-refractivity contribution is 0.102.